The quantitative estimate of drug-likeness (QED) is 0.611. The molecule has 0 unspecified atom stereocenters. The van der Waals surface area contributed by atoms with E-state index in [-0.39, 0.29) is 6.61 Å². The third kappa shape index (κ3) is 1.91. The van der Waals surface area contributed by atoms with Gasteiger partial charge in [-0.3, -0.25) is 0 Å². The largest absolute Gasteiger partial charge is 0.394 e. The van der Waals surface area contributed by atoms with Crippen LogP contribution in [0.4, 0.5) is 11.6 Å². The van der Waals surface area contributed by atoms with Crippen molar-refractivity contribution in [1.82, 2.24) is 9.24 Å². The van der Waals surface area contributed by atoms with Crippen LogP contribution in [0.3, 0.4) is 0 Å². The van der Waals surface area contributed by atoms with E-state index in [1.807, 2.05) is 35.3 Å². The highest BCUT2D eigenvalue weighted by atomic mass is 16.3. The Morgan fingerprint density at radius 1 is 1.35 bits per heavy atom. The molecule has 2 rings (SSSR count). The molecule has 17 heavy (non-hydrogen) atoms. The van der Waals surface area contributed by atoms with Crippen LogP contribution in [-0.2, 0) is 7.05 Å². The summed E-state index contributed by atoms with van der Waals surface area (Å²) in [6, 6.07) is 3.96. The lowest BCUT2D eigenvalue weighted by atomic mass is 10.5. The summed E-state index contributed by atoms with van der Waals surface area (Å²) in [5, 5.41) is 12.2. The van der Waals surface area contributed by atoms with Gasteiger partial charge >= 0.3 is 0 Å². The highest BCUT2D eigenvalue weighted by molar-refractivity contribution is 5.86. The summed E-state index contributed by atoms with van der Waals surface area (Å²) in [5.74, 6) is 1.69. The van der Waals surface area contributed by atoms with Crippen LogP contribution in [0.2, 0.25) is 0 Å². The first-order valence-electron chi connectivity index (χ1n) is 5.74. The number of hydrogen-bond donors (Lipinski definition) is 4. The van der Waals surface area contributed by atoms with Gasteiger partial charge in [-0.25, -0.2) is 4.68 Å². The molecule has 0 fully saturated rings. The molecule has 6 heteroatoms. The Hall–Kier alpha value is -1.82. The first-order chi connectivity index (χ1) is 8.19. The Morgan fingerprint density at radius 3 is 2.76 bits per heavy atom. The SMILES string of the molecule is CCNc1cc2c(cc(N)n2C)n1NCCO. The highest BCUT2D eigenvalue weighted by Gasteiger charge is 2.12. The Balaban J connectivity index is 2.49. The number of nitrogens with zero attached hydrogens (tertiary/aromatic N) is 2. The topological polar surface area (TPSA) is 80.2 Å². The van der Waals surface area contributed by atoms with E-state index < -0.39 is 0 Å². The summed E-state index contributed by atoms with van der Waals surface area (Å²) >= 11 is 0. The zero-order valence-electron chi connectivity index (χ0n) is 10.2. The molecule has 6 nitrogen and oxygen atoms in total. The third-order valence-corrected chi connectivity index (χ3v) is 2.79. The number of nitrogen functional groups attached to an aromatic ring is 1. The normalized spacial score (nSPS) is 11.0. The molecule has 0 spiro atoms. The van der Waals surface area contributed by atoms with Gasteiger partial charge in [0.05, 0.1) is 24.2 Å². The molecule has 0 amide bonds. The number of nitrogens with two attached hydrogens (primary N) is 1. The minimum atomic E-state index is 0.0908. The lowest BCUT2D eigenvalue weighted by Crippen LogP contribution is -2.20. The molecule has 0 aliphatic rings. The second kappa shape index (κ2) is 4.58. The number of rotatable bonds is 5. The van der Waals surface area contributed by atoms with Gasteiger partial charge in [-0.15, -0.1) is 0 Å². The van der Waals surface area contributed by atoms with E-state index >= 15 is 0 Å². The van der Waals surface area contributed by atoms with Crippen molar-refractivity contribution in [3.8, 4) is 0 Å². The summed E-state index contributed by atoms with van der Waals surface area (Å²) in [6.07, 6.45) is 0. The summed E-state index contributed by atoms with van der Waals surface area (Å²) < 4.78 is 3.86. The van der Waals surface area contributed by atoms with Gasteiger partial charge in [0.1, 0.15) is 11.6 Å². The van der Waals surface area contributed by atoms with Crippen LogP contribution in [0.5, 0.6) is 0 Å². The molecule has 0 saturated carbocycles. The number of aryl methyl sites for hydroxylation is 1. The van der Waals surface area contributed by atoms with Crippen LogP contribution in [0.1, 0.15) is 6.92 Å². The Kier molecular flexibility index (Phi) is 3.14. The molecule has 94 valence electrons. The van der Waals surface area contributed by atoms with Crippen molar-refractivity contribution < 1.29 is 5.11 Å². The van der Waals surface area contributed by atoms with Crippen molar-refractivity contribution in [3.63, 3.8) is 0 Å². The van der Waals surface area contributed by atoms with Gasteiger partial charge in [0.2, 0.25) is 0 Å². The van der Waals surface area contributed by atoms with Crippen LogP contribution in [0.25, 0.3) is 11.0 Å². The molecular weight excluding hydrogens is 218 g/mol. The lowest BCUT2D eigenvalue weighted by Gasteiger charge is -2.12. The predicted octanol–water partition coefficient (Wildman–Crippen LogP) is 0.530. The van der Waals surface area contributed by atoms with E-state index in [4.69, 9.17) is 10.8 Å². The van der Waals surface area contributed by atoms with Gasteiger partial charge in [0.15, 0.2) is 0 Å². The van der Waals surface area contributed by atoms with E-state index in [0.29, 0.717) is 6.54 Å². The molecule has 2 aromatic rings. The van der Waals surface area contributed by atoms with Gasteiger partial charge in [-0.2, -0.15) is 0 Å². The average molecular weight is 237 g/mol. The molecular formula is C11H19N5O. The molecule has 0 aromatic carbocycles. The number of hydrogen-bond acceptors (Lipinski definition) is 4. The van der Waals surface area contributed by atoms with Gasteiger partial charge in [0.25, 0.3) is 0 Å². The average Bonchev–Trinajstić information content (AvgIpc) is 2.77. The molecule has 0 aliphatic carbocycles. The predicted molar refractivity (Wildman–Crippen MR) is 70.8 cm³/mol. The summed E-state index contributed by atoms with van der Waals surface area (Å²) in [7, 11) is 1.93. The van der Waals surface area contributed by atoms with Crippen molar-refractivity contribution in [3.05, 3.63) is 12.1 Å². The smallest absolute Gasteiger partial charge is 0.127 e. The summed E-state index contributed by atoms with van der Waals surface area (Å²) in [6.45, 7) is 3.47. The van der Waals surface area contributed by atoms with E-state index in [9.17, 15) is 0 Å². The van der Waals surface area contributed by atoms with Gasteiger partial charge < -0.3 is 26.1 Å². The Bertz CT molecular complexity index is 513. The molecule has 2 aromatic heterocycles. The van der Waals surface area contributed by atoms with E-state index in [1.54, 1.807) is 0 Å². The van der Waals surface area contributed by atoms with Gasteiger partial charge in [0, 0.05) is 25.7 Å². The van der Waals surface area contributed by atoms with Crippen LogP contribution in [0, 0.1) is 0 Å². The van der Waals surface area contributed by atoms with Crippen molar-refractivity contribution in [2.24, 2.45) is 7.05 Å². The number of nitrogens with one attached hydrogen (secondary N) is 2. The van der Waals surface area contributed by atoms with Crippen LogP contribution in [-0.4, -0.2) is 34.0 Å². The fraction of sp³-hybridized carbons (Fsp3) is 0.455. The zero-order valence-corrected chi connectivity index (χ0v) is 10.2. The molecule has 5 N–H and O–H groups in total. The number of fused-ring (bicyclic) bond motifs is 1. The number of anilines is 2. The molecule has 0 saturated heterocycles. The second-order valence-electron chi connectivity index (χ2n) is 3.93. The summed E-state index contributed by atoms with van der Waals surface area (Å²) in [5.41, 5.74) is 11.1. The van der Waals surface area contributed by atoms with Crippen molar-refractivity contribution in [1.29, 1.82) is 0 Å². The lowest BCUT2D eigenvalue weighted by molar-refractivity contribution is 0.307. The van der Waals surface area contributed by atoms with Crippen molar-refractivity contribution >= 4 is 22.7 Å². The maximum atomic E-state index is 8.89. The minimum absolute atomic E-state index is 0.0908. The summed E-state index contributed by atoms with van der Waals surface area (Å²) in [4.78, 5) is 0. The second-order valence-corrected chi connectivity index (χ2v) is 3.93. The maximum absolute atomic E-state index is 8.89. The van der Waals surface area contributed by atoms with Crippen molar-refractivity contribution in [2.75, 3.05) is 36.2 Å². The highest BCUT2D eigenvalue weighted by Crippen LogP contribution is 2.26. The van der Waals surface area contributed by atoms with E-state index in [2.05, 4.69) is 10.7 Å². The standard InChI is InChI=1S/C11H19N5O/c1-3-13-11-7-8-9(6-10(12)15(8)2)16(11)14-4-5-17/h6-7,13-14,17H,3-5,12H2,1-2H3. The van der Waals surface area contributed by atoms with Crippen LogP contribution < -0.4 is 16.5 Å². The van der Waals surface area contributed by atoms with Gasteiger partial charge in [-0.1, -0.05) is 0 Å². The van der Waals surface area contributed by atoms with Crippen LogP contribution >= 0.6 is 0 Å². The van der Waals surface area contributed by atoms with Crippen molar-refractivity contribution in [2.45, 2.75) is 6.92 Å². The van der Waals surface area contributed by atoms with Crippen LogP contribution in [0.15, 0.2) is 12.1 Å². The fourth-order valence-electron chi connectivity index (χ4n) is 1.94. The number of aromatic nitrogens is 2. The Labute approximate surface area is 100.0 Å². The first kappa shape index (κ1) is 11.7. The Morgan fingerprint density at radius 2 is 2.12 bits per heavy atom. The molecule has 0 bridgehead atoms. The molecule has 0 radical (unpaired) electrons. The fourth-order valence-corrected chi connectivity index (χ4v) is 1.94. The molecule has 0 aliphatic heterocycles. The number of aliphatic hydroxyl groups excluding tert-OH is 1. The zero-order chi connectivity index (χ0) is 12.4. The maximum Gasteiger partial charge on any atom is 0.127 e. The number of aliphatic hydroxyl groups is 1. The van der Waals surface area contributed by atoms with E-state index in [0.717, 1.165) is 29.2 Å². The minimum Gasteiger partial charge on any atom is -0.394 e. The molecule has 2 heterocycles. The third-order valence-electron chi connectivity index (χ3n) is 2.79. The van der Waals surface area contributed by atoms with Gasteiger partial charge in [-0.05, 0) is 6.92 Å². The first-order valence-corrected chi connectivity index (χ1v) is 5.74. The molecule has 0 atom stereocenters. The monoisotopic (exact) mass is 237 g/mol. The van der Waals surface area contributed by atoms with E-state index in [1.165, 1.54) is 0 Å².